The van der Waals surface area contributed by atoms with Crippen molar-refractivity contribution in [3.8, 4) is 0 Å². The maximum absolute atomic E-state index is 12.8. The molecule has 0 heterocycles. The smallest absolute Gasteiger partial charge is 0.245 e. The third-order valence-electron chi connectivity index (χ3n) is 1.52. The Balaban J connectivity index is 2.40. The molecule has 0 aliphatic carbocycles. The molecule has 6 heteroatoms. The summed E-state index contributed by atoms with van der Waals surface area (Å²) in [5.74, 6) is -1.01. The molecule has 0 aliphatic heterocycles. The van der Waals surface area contributed by atoms with Crippen molar-refractivity contribution >= 4 is 17.5 Å². The van der Waals surface area contributed by atoms with Gasteiger partial charge in [0.25, 0.3) is 0 Å². The van der Waals surface area contributed by atoms with Gasteiger partial charge in [0.15, 0.2) is 0 Å². The number of nitrogens with one attached hydrogen (secondary N) is 1. The van der Waals surface area contributed by atoms with E-state index in [2.05, 4.69) is 10.3 Å². The maximum atomic E-state index is 12.8. The normalized spacial score (nSPS) is 10.3. The lowest BCUT2D eigenvalue weighted by Gasteiger charge is -2.04. The van der Waals surface area contributed by atoms with Crippen molar-refractivity contribution in [2.24, 2.45) is 5.73 Å². The molecule has 0 radical (unpaired) electrons. The van der Waals surface area contributed by atoms with Gasteiger partial charge in [0.05, 0.1) is 0 Å². The van der Waals surface area contributed by atoms with Crippen LogP contribution in [0, 0.1) is 5.82 Å². The Morgan fingerprint density at radius 1 is 1.53 bits per heavy atom. The Kier molecular flexibility index (Phi) is 4.48. The molecule has 82 valence electrons. The highest BCUT2D eigenvalue weighted by atomic mass is 35.5. The van der Waals surface area contributed by atoms with Gasteiger partial charge in [-0.15, -0.1) is 0 Å². The van der Waals surface area contributed by atoms with Crippen molar-refractivity contribution in [3.05, 3.63) is 34.6 Å². The minimum atomic E-state index is -0.584. The fourth-order valence-electron chi connectivity index (χ4n) is 0.970. The van der Waals surface area contributed by atoms with Crippen LogP contribution in [0.25, 0.3) is 0 Å². The van der Waals surface area contributed by atoms with Crippen molar-refractivity contribution in [1.82, 2.24) is 5.48 Å². The van der Waals surface area contributed by atoms with E-state index in [1.54, 1.807) is 6.07 Å². The average Bonchev–Trinajstić information content (AvgIpc) is 2.10. The number of primary amides is 1. The molecule has 3 N–H and O–H groups in total. The average molecular weight is 233 g/mol. The quantitative estimate of drug-likeness (QED) is 0.588. The summed E-state index contributed by atoms with van der Waals surface area (Å²) in [5.41, 5.74) is 7.91. The molecule has 0 aliphatic rings. The second-order valence-corrected chi connectivity index (χ2v) is 3.29. The predicted octanol–water partition coefficient (Wildman–Crippen LogP) is 0.986. The molecular weight excluding hydrogens is 223 g/mol. The number of rotatable bonds is 5. The summed E-state index contributed by atoms with van der Waals surface area (Å²) in [5, 5.41) is 0.307. The number of nitrogens with two attached hydrogens (primary N) is 1. The van der Waals surface area contributed by atoms with E-state index in [1.165, 1.54) is 12.1 Å². The number of carbonyl (C=O) groups is 1. The van der Waals surface area contributed by atoms with Crippen LogP contribution in [0.4, 0.5) is 4.39 Å². The molecule has 0 saturated heterocycles. The van der Waals surface area contributed by atoms with Gasteiger partial charge in [-0.3, -0.25) is 9.63 Å². The van der Waals surface area contributed by atoms with Crippen LogP contribution < -0.4 is 11.2 Å². The number of benzene rings is 1. The van der Waals surface area contributed by atoms with Crippen LogP contribution in [0.5, 0.6) is 0 Å². The summed E-state index contributed by atoms with van der Waals surface area (Å²) < 4.78 is 12.8. The zero-order valence-electron chi connectivity index (χ0n) is 7.80. The highest BCUT2D eigenvalue weighted by molar-refractivity contribution is 6.30. The van der Waals surface area contributed by atoms with Gasteiger partial charge in [-0.1, -0.05) is 11.6 Å². The number of hydrogen-bond donors (Lipinski definition) is 2. The molecule has 0 aromatic heterocycles. The van der Waals surface area contributed by atoms with Crippen LogP contribution in [0.2, 0.25) is 5.02 Å². The van der Waals surface area contributed by atoms with Crippen LogP contribution in [0.3, 0.4) is 0 Å². The summed E-state index contributed by atoms with van der Waals surface area (Å²) in [6.07, 6.45) is 0. The van der Waals surface area contributed by atoms with Gasteiger partial charge in [-0.25, -0.2) is 4.39 Å². The second kappa shape index (κ2) is 5.65. The first kappa shape index (κ1) is 11.9. The fraction of sp³-hybridized carbons (Fsp3) is 0.222. The molecule has 1 aromatic carbocycles. The van der Waals surface area contributed by atoms with Crippen LogP contribution in [-0.2, 0) is 16.2 Å². The molecule has 0 atom stereocenters. The highest BCUT2D eigenvalue weighted by Crippen LogP contribution is 2.13. The number of amides is 1. The van der Waals surface area contributed by atoms with Crippen LogP contribution in [0.1, 0.15) is 5.56 Å². The fourth-order valence-corrected chi connectivity index (χ4v) is 1.21. The van der Waals surface area contributed by atoms with Crippen molar-refractivity contribution < 1.29 is 14.0 Å². The lowest BCUT2D eigenvalue weighted by Crippen LogP contribution is -2.24. The first-order valence-electron chi connectivity index (χ1n) is 4.16. The molecule has 1 amide bonds. The van der Waals surface area contributed by atoms with Crippen molar-refractivity contribution in [1.29, 1.82) is 0 Å². The second-order valence-electron chi connectivity index (χ2n) is 2.85. The van der Waals surface area contributed by atoms with Gasteiger partial charge >= 0.3 is 0 Å². The van der Waals surface area contributed by atoms with Crippen LogP contribution >= 0.6 is 11.6 Å². The lowest BCUT2D eigenvalue weighted by molar-refractivity contribution is -0.125. The number of halogens is 2. The van der Waals surface area contributed by atoms with Gasteiger partial charge in [0, 0.05) is 11.6 Å². The molecule has 15 heavy (non-hydrogen) atoms. The Hall–Kier alpha value is -1.17. The van der Waals surface area contributed by atoms with E-state index in [-0.39, 0.29) is 13.2 Å². The zero-order valence-corrected chi connectivity index (χ0v) is 8.55. The molecule has 0 fully saturated rings. The predicted molar refractivity (Wildman–Crippen MR) is 53.4 cm³/mol. The largest absolute Gasteiger partial charge is 0.368 e. The molecule has 1 rings (SSSR count). The zero-order chi connectivity index (χ0) is 11.3. The van der Waals surface area contributed by atoms with E-state index >= 15 is 0 Å². The van der Waals surface area contributed by atoms with Crippen LogP contribution in [-0.4, -0.2) is 12.5 Å². The first-order chi connectivity index (χ1) is 7.08. The third-order valence-corrected chi connectivity index (χ3v) is 1.73. The maximum Gasteiger partial charge on any atom is 0.245 e. The first-order valence-corrected chi connectivity index (χ1v) is 4.53. The molecular formula is C9H10ClFN2O2. The summed E-state index contributed by atoms with van der Waals surface area (Å²) >= 11 is 5.63. The summed E-state index contributed by atoms with van der Waals surface area (Å²) in [4.78, 5) is 15.0. The summed E-state index contributed by atoms with van der Waals surface area (Å²) in [6.45, 7) is 0.00775. The van der Waals surface area contributed by atoms with Gasteiger partial charge in [-0.05, 0) is 23.8 Å². The van der Waals surface area contributed by atoms with Crippen molar-refractivity contribution in [2.75, 3.05) is 6.61 Å². The Morgan fingerprint density at radius 3 is 2.87 bits per heavy atom. The minimum Gasteiger partial charge on any atom is -0.368 e. The Morgan fingerprint density at radius 2 is 2.27 bits per heavy atom. The van der Waals surface area contributed by atoms with Gasteiger partial charge in [0.2, 0.25) is 5.91 Å². The van der Waals surface area contributed by atoms with Gasteiger partial charge < -0.3 is 5.73 Å². The number of hydrogen-bond acceptors (Lipinski definition) is 3. The van der Waals surface area contributed by atoms with E-state index in [1.807, 2.05) is 0 Å². The lowest BCUT2D eigenvalue weighted by atomic mass is 10.2. The van der Waals surface area contributed by atoms with E-state index in [0.29, 0.717) is 10.6 Å². The highest BCUT2D eigenvalue weighted by Gasteiger charge is 1.99. The molecule has 0 spiro atoms. The summed E-state index contributed by atoms with van der Waals surface area (Å²) in [6, 6.07) is 4.10. The topological polar surface area (TPSA) is 64.4 Å². The van der Waals surface area contributed by atoms with Crippen molar-refractivity contribution in [2.45, 2.75) is 6.54 Å². The van der Waals surface area contributed by atoms with E-state index in [4.69, 9.17) is 17.3 Å². The van der Waals surface area contributed by atoms with Crippen molar-refractivity contribution in [3.63, 3.8) is 0 Å². The molecule has 0 saturated carbocycles. The van der Waals surface area contributed by atoms with Gasteiger partial charge in [0.1, 0.15) is 12.4 Å². The molecule has 1 aromatic rings. The van der Waals surface area contributed by atoms with Gasteiger partial charge in [-0.2, -0.15) is 5.48 Å². The van der Waals surface area contributed by atoms with E-state index in [0.717, 1.165) is 0 Å². The monoisotopic (exact) mass is 232 g/mol. The Labute approximate surface area is 91.1 Å². The Bertz CT molecular complexity index is 340. The minimum absolute atomic E-state index is 0.233. The number of hydroxylamine groups is 1. The van der Waals surface area contributed by atoms with E-state index < -0.39 is 11.7 Å². The molecule has 4 nitrogen and oxygen atoms in total. The van der Waals surface area contributed by atoms with Crippen LogP contribution in [0.15, 0.2) is 18.2 Å². The standard InChI is InChI=1S/C9H10ClFN2O2/c10-7-1-6(2-8(11)3-7)4-13-15-5-9(12)14/h1-3,13H,4-5H2,(H2,12,14). The summed E-state index contributed by atoms with van der Waals surface area (Å²) in [7, 11) is 0. The SMILES string of the molecule is NC(=O)CONCc1cc(F)cc(Cl)c1. The third kappa shape index (κ3) is 4.73. The molecule has 0 bridgehead atoms. The molecule has 0 unspecified atom stereocenters. The number of carbonyl (C=O) groups excluding carboxylic acids is 1. The van der Waals surface area contributed by atoms with E-state index in [9.17, 15) is 9.18 Å².